The first-order valence-electron chi connectivity index (χ1n) is 9.70. The molecule has 1 aromatic rings. The molecule has 1 heterocycles. The first kappa shape index (κ1) is 20.1. The monoisotopic (exact) mass is 395 g/mol. The molecule has 0 aromatic heterocycles. The second kappa shape index (κ2) is 9.03. The zero-order chi connectivity index (χ0) is 19.3. The van der Waals surface area contributed by atoms with Crippen LogP contribution in [0.25, 0.3) is 0 Å². The van der Waals surface area contributed by atoms with E-state index in [1.54, 1.807) is 6.07 Å². The number of hydrogen-bond donors (Lipinski definition) is 2. The van der Waals surface area contributed by atoms with Crippen molar-refractivity contribution in [3.63, 3.8) is 0 Å². The highest BCUT2D eigenvalue weighted by Gasteiger charge is 2.30. The third-order valence-corrected chi connectivity index (χ3v) is 6.57. The van der Waals surface area contributed by atoms with Crippen molar-refractivity contribution in [2.75, 3.05) is 33.3 Å². The molecule has 7 nitrogen and oxygen atoms in total. The molecule has 2 aliphatic rings. The molecule has 0 radical (unpaired) electrons. The molecule has 0 atom stereocenters. The summed E-state index contributed by atoms with van der Waals surface area (Å²) in [7, 11) is -2.28. The second-order valence-corrected chi connectivity index (χ2v) is 8.96. The van der Waals surface area contributed by atoms with Crippen molar-refractivity contribution < 1.29 is 17.9 Å². The fourth-order valence-electron chi connectivity index (χ4n) is 3.30. The van der Waals surface area contributed by atoms with Gasteiger partial charge in [-0.1, -0.05) is 12.8 Å². The van der Waals surface area contributed by atoms with Crippen LogP contribution in [0, 0.1) is 0 Å². The first-order chi connectivity index (χ1) is 13.0. The molecule has 1 saturated heterocycles. The number of rotatable bonds is 8. The van der Waals surface area contributed by atoms with Gasteiger partial charge >= 0.3 is 0 Å². The number of likely N-dealkylation sites (tertiary alicyclic amines) is 1. The average Bonchev–Trinajstić information content (AvgIpc) is 3.48. The first-order valence-corrected chi connectivity index (χ1v) is 11.2. The Bertz CT molecular complexity index is 754. The Balaban J connectivity index is 1.63. The number of hydrogen-bond acceptors (Lipinski definition) is 5. The van der Waals surface area contributed by atoms with Gasteiger partial charge in [0.1, 0.15) is 10.6 Å². The summed E-state index contributed by atoms with van der Waals surface area (Å²) in [5.74, 6) is -0.0281. The lowest BCUT2D eigenvalue weighted by Gasteiger charge is -2.19. The van der Waals surface area contributed by atoms with Crippen molar-refractivity contribution in [2.24, 2.45) is 0 Å². The van der Waals surface area contributed by atoms with E-state index in [-0.39, 0.29) is 22.6 Å². The van der Waals surface area contributed by atoms with Crippen molar-refractivity contribution in [1.82, 2.24) is 14.9 Å². The fraction of sp³-hybridized carbons (Fsp3) is 0.632. The Morgan fingerprint density at radius 2 is 1.89 bits per heavy atom. The van der Waals surface area contributed by atoms with Gasteiger partial charge in [0.05, 0.1) is 7.11 Å². The van der Waals surface area contributed by atoms with Gasteiger partial charge in [0.25, 0.3) is 5.91 Å². The number of benzene rings is 1. The molecule has 0 unspecified atom stereocenters. The third-order valence-electron chi connectivity index (χ3n) is 5.03. The number of sulfonamides is 1. The predicted octanol–water partition coefficient (Wildman–Crippen LogP) is 1.74. The molecule has 8 heteroatoms. The van der Waals surface area contributed by atoms with Crippen LogP contribution in [0.15, 0.2) is 23.1 Å². The molecular weight excluding hydrogens is 366 g/mol. The molecule has 2 fully saturated rings. The van der Waals surface area contributed by atoms with Gasteiger partial charge in [-0.2, -0.15) is 0 Å². The Morgan fingerprint density at radius 1 is 1.19 bits per heavy atom. The van der Waals surface area contributed by atoms with Crippen LogP contribution >= 0.6 is 0 Å². The molecule has 0 bridgehead atoms. The van der Waals surface area contributed by atoms with E-state index < -0.39 is 10.0 Å². The maximum Gasteiger partial charge on any atom is 0.251 e. The fourth-order valence-corrected chi connectivity index (χ4v) is 4.80. The number of carbonyl (C=O) groups is 1. The minimum atomic E-state index is -3.70. The van der Waals surface area contributed by atoms with Gasteiger partial charge in [0.2, 0.25) is 10.0 Å². The van der Waals surface area contributed by atoms with E-state index in [1.807, 2.05) is 0 Å². The Labute approximate surface area is 161 Å². The maximum atomic E-state index is 12.6. The number of amides is 1. The normalized spacial score (nSPS) is 18.7. The van der Waals surface area contributed by atoms with Gasteiger partial charge in [-0.05, 0) is 57.0 Å². The number of methoxy groups -OCH3 is 1. The van der Waals surface area contributed by atoms with Crippen molar-refractivity contribution in [3.8, 4) is 5.75 Å². The highest BCUT2D eigenvalue weighted by atomic mass is 32.2. The predicted molar refractivity (Wildman–Crippen MR) is 104 cm³/mol. The lowest BCUT2D eigenvalue weighted by Crippen LogP contribution is -2.35. The Hall–Kier alpha value is -1.64. The van der Waals surface area contributed by atoms with E-state index in [2.05, 4.69) is 14.9 Å². The smallest absolute Gasteiger partial charge is 0.251 e. The summed E-state index contributed by atoms with van der Waals surface area (Å²) in [6.45, 7) is 3.52. The molecule has 27 heavy (non-hydrogen) atoms. The van der Waals surface area contributed by atoms with Crippen LogP contribution in [0.2, 0.25) is 0 Å². The van der Waals surface area contributed by atoms with Gasteiger partial charge in [0.15, 0.2) is 0 Å². The van der Waals surface area contributed by atoms with E-state index in [4.69, 9.17) is 4.74 Å². The number of nitrogens with zero attached hydrogens (tertiary/aromatic N) is 1. The highest BCUT2D eigenvalue weighted by molar-refractivity contribution is 7.89. The molecule has 1 aromatic carbocycles. The van der Waals surface area contributed by atoms with Gasteiger partial charge in [-0.3, -0.25) is 4.79 Å². The van der Waals surface area contributed by atoms with E-state index in [9.17, 15) is 13.2 Å². The van der Waals surface area contributed by atoms with Gasteiger partial charge in [0, 0.05) is 24.7 Å². The minimum Gasteiger partial charge on any atom is -0.495 e. The molecule has 2 N–H and O–H groups in total. The van der Waals surface area contributed by atoms with Crippen LogP contribution < -0.4 is 14.8 Å². The zero-order valence-corrected chi connectivity index (χ0v) is 16.7. The summed E-state index contributed by atoms with van der Waals surface area (Å²) in [5, 5.41) is 2.90. The third kappa shape index (κ3) is 5.67. The quantitative estimate of drug-likeness (QED) is 0.700. The molecule has 1 aliphatic carbocycles. The molecular formula is C19H29N3O4S. The van der Waals surface area contributed by atoms with Gasteiger partial charge < -0.3 is 15.0 Å². The molecule has 1 aliphatic heterocycles. The summed E-state index contributed by atoms with van der Waals surface area (Å²) in [6.07, 6.45) is 6.67. The second-order valence-electron chi connectivity index (χ2n) is 7.27. The van der Waals surface area contributed by atoms with E-state index in [0.29, 0.717) is 12.1 Å². The zero-order valence-electron chi connectivity index (χ0n) is 15.9. The Kier molecular flexibility index (Phi) is 6.73. The van der Waals surface area contributed by atoms with Crippen LogP contribution in [0.3, 0.4) is 0 Å². The van der Waals surface area contributed by atoms with Crippen LogP contribution in [0.4, 0.5) is 0 Å². The van der Waals surface area contributed by atoms with Crippen molar-refractivity contribution in [2.45, 2.75) is 49.5 Å². The lowest BCUT2D eigenvalue weighted by molar-refractivity contribution is 0.0948. The van der Waals surface area contributed by atoms with Gasteiger partial charge in [-0.15, -0.1) is 0 Å². The SMILES string of the molecule is COc1ccc(C(=O)NCCN2CCCCCC2)cc1S(=O)(=O)NC1CC1. The summed E-state index contributed by atoms with van der Waals surface area (Å²) in [6, 6.07) is 4.51. The summed E-state index contributed by atoms with van der Waals surface area (Å²) >= 11 is 0. The summed E-state index contributed by atoms with van der Waals surface area (Å²) < 4.78 is 32.9. The molecule has 1 amide bonds. The molecule has 150 valence electrons. The molecule has 1 saturated carbocycles. The minimum absolute atomic E-state index is 0.00851. The van der Waals surface area contributed by atoms with E-state index >= 15 is 0 Å². The average molecular weight is 396 g/mol. The number of ether oxygens (including phenoxy) is 1. The standard InChI is InChI=1S/C19H29N3O4S/c1-26-17-9-6-15(14-18(17)27(24,25)21-16-7-8-16)19(23)20-10-13-22-11-4-2-3-5-12-22/h6,9,14,16,21H,2-5,7-8,10-13H2,1H3,(H,20,23). The summed E-state index contributed by atoms with van der Waals surface area (Å²) in [5.41, 5.74) is 0.322. The lowest BCUT2D eigenvalue weighted by atomic mass is 10.2. The van der Waals surface area contributed by atoms with Crippen molar-refractivity contribution in [1.29, 1.82) is 0 Å². The number of carbonyl (C=O) groups excluding carboxylic acids is 1. The van der Waals surface area contributed by atoms with Crippen LogP contribution in [-0.4, -0.2) is 58.6 Å². The summed E-state index contributed by atoms with van der Waals surface area (Å²) in [4.78, 5) is 14.9. The van der Waals surface area contributed by atoms with E-state index in [0.717, 1.165) is 32.5 Å². The van der Waals surface area contributed by atoms with Crippen molar-refractivity contribution in [3.05, 3.63) is 23.8 Å². The van der Waals surface area contributed by atoms with Gasteiger partial charge in [-0.25, -0.2) is 13.1 Å². The maximum absolute atomic E-state index is 12.6. The van der Waals surface area contributed by atoms with Crippen LogP contribution in [0.5, 0.6) is 5.75 Å². The highest BCUT2D eigenvalue weighted by Crippen LogP contribution is 2.28. The molecule has 0 spiro atoms. The van der Waals surface area contributed by atoms with E-state index in [1.165, 1.54) is 44.9 Å². The topological polar surface area (TPSA) is 87.7 Å². The van der Waals surface area contributed by atoms with Crippen LogP contribution in [0.1, 0.15) is 48.9 Å². The number of nitrogens with one attached hydrogen (secondary N) is 2. The van der Waals surface area contributed by atoms with Crippen molar-refractivity contribution >= 4 is 15.9 Å². The molecule has 3 rings (SSSR count). The largest absolute Gasteiger partial charge is 0.495 e. The van der Waals surface area contributed by atoms with Crippen LogP contribution in [-0.2, 0) is 10.0 Å². The Morgan fingerprint density at radius 3 is 2.52 bits per heavy atom.